The first-order chi connectivity index (χ1) is 9.86. The van der Waals surface area contributed by atoms with Gasteiger partial charge in [0, 0.05) is 47.5 Å². The summed E-state index contributed by atoms with van der Waals surface area (Å²) in [5.74, 6) is -0.310. The van der Waals surface area contributed by atoms with Crippen molar-refractivity contribution in [1.29, 1.82) is 0 Å². The molecule has 1 amide bonds. The van der Waals surface area contributed by atoms with Gasteiger partial charge in [0.05, 0.1) is 4.92 Å². The summed E-state index contributed by atoms with van der Waals surface area (Å²) in [5, 5.41) is 16.2. The molecule has 0 aliphatic carbocycles. The molecular formula is C13H19N3O4S. The fourth-order valence-corrected chi connectivity index (χ4v) is 2.14. The summed E-state index contributed by atoms with van der Waals surface area (Å²) in [5.41, 5.74) is 0.551. The third-order valence-corrected chi connectivity index (χ3v) is 4.50. The average Bonchev–Trinajstić information content (AvgIpc) is 2.45. The first kappa shape index (κ1) is 17.1. The first-order valence-corrected chi connectivity index (χ1v) is 8.05. The smallest absolute Gasteiger partial charge is 0.292 e. The van der Waals surface area contributed by atoms with Crippen molar-refractivity contribution in [3.8, 4) is 0 Å². The number of nitrogens with zero attached hydrogens (tertiary/aromatic N) is 1. The van der Waals surface area contributed by atoms with Crippen LogP contribution in [0, 0.1) is 10.1 Å². The molecule has 0 aliphatic heterocycles. The number of amides is 1. The molecule has 21 heavy (non-hydrogen) atoms. The van der Waals surface area contributed by atoms with Gasteiger partial charge in [-0.25, -0.2) is 0 Å². The van der Waals surface area contributed by atoms with Crippen molar-refractivity contribution in [3.05, 3.63) is 33.9 Å². The number of anilines is 1. The number of carbonyl (C=O) groups is 1. The van der Waals surface area contributed by atoms with Crippen LogP contribution in [0.15, 0.2) is 18.2 Å². The summed E-state index contributed by atoms with van der Waals surface area (Å²) in [6, 6.07) is 4.15. The van der Waals surface area contributed by atoms with E-state index in [4.69, 9.17) is 0 Å². The quantitative estimate of drug-likeness (QED) is 0.587. The zero-order chi connectivity index (χ0) is 16.0. The molecule has 0 radical (unpaired) electrons. The Bertz CT molecular complexity index is 562. The van der Waals surface area contributed by atoms with Crippen LogP contribution in [0.25, 0.3) is 0 Å². The van der Waals surface area contributed by atoms with Crippen LogP contribution in [0.2, 0.25) is 0 Å². The third kappa shape index (κ3) is 4.82. The van der Waals surface area contributed by atoms with Crippen molar-refractivity contribution in [2.24, 2.45) is 0 Å². The maximum absolute atomic E-state index is 12.0. The molecule has 7 nitrogen and oxygen atoms in total. The molecule has 1 rings (SSSR count). The topological polar surface area (TPSA) is 101 Å². The normalized spacial score (nSPS) is 13.3. The van der Waals surface area contributed by atoms with E-state index < -0.39 is 15.7 Å². The SMILES string of the molecule is CNc1cc(C(=O)NCCC(C)S(C)=O)ccc1[N+](=O)[O-]. The van der Waals surface area contributed by atoms with Gasteiger partial charge in [-0.1, -0.05) is 6.92 Å². The van der Waals surface area contributed by atoms with Crippen LogP contribution in [0.3, 0.4) is 0 Å². The highest BCUT2D eigenvalue weighted by atomic mass is 32.2. The van der Waals surface area contributed by atoms with E-state index in [0.29, 0.717) is 18.5 Å². The number of hydrogen-bond acceptors (Lipinski definition) is 5. The summed E-state index contributed by atoms with van der Waals surface area (Å²) >= 11 is 0. The van der Waals surface area contributed by atoms with E-state index in [0.717, 1.165) is 0 Å². The van der Waals surface area contributed by atoms with Gasteiger partial charge in [-0.3, -0.25) is 19.1 Å². The minimum atomic E-state index is -0.919. The molecule has 0 heterocycles. The summed E-state index contributed by atoms with van der Waals surface area (Å²) in [7, 11) is 0.639. The molecule has 0 aromatic heterocycles. The number of carbonyl (C=O) groups excluding carboxylic acids is 1. The predicted molar refractivity (Wildman–Crippen MR) is 83.1 cm³/mol. The summed E-state index contributed by atoms with van der Waals surface area (Å²) in [6.45, 7) is 2.26. The number of nitrogens with one attached hydrogen (secondary N) is 2. The molecule has 2 unspecified atom stereocenters. The molecule has 0 spiro atoms. The Kier molecular flexibility index (Phi) is 6.29. The highest BCUT2D eigenvalue weighted by Gasteiger charge is 2.16. The van der Waals surface area contributed by atoms with Crippen LogP contribution in [0.5, 0.6) is 0 Å². The van der Waals surface area contributed by atoms with E-state index in [-0.39, 0.29) is 22.5 Å². The van der Waals surface area contributed by atoms with Gasteiger partial charge in [-0.2, -0.15) is 0 Å². The van der Waals surface area contributed by atoms with Gasteiger partial charge in [0.2, 0.25) is 0 Å². The molecule has 0 aliphatic rings. The fourth-order valence-electron chi connectivity index (χ4n) is 1.69. The van der Waals surface area contributed by atoms with Crippen LogP contribution in [-0.2, 0) is 10.8 Å². The van der Waals surface area contributed by atoms with E-state index in [1.54, 1.807) is 13.3 Å². The molecule has 8 heteroatoms. The molecule has 0 bridgehead atoms. The van der Waals surface area contributed by atoms with Gasteiger partial charge >= 0.3 is 0 Å². The Morgan fingerprint density at radius 1 is 1.48 bits per heavy atom. The maximum atomic E-state index is 12.0. The van der Waals surface area contributed by atoms with Crippen LogP contribution in [-0.4, -0.2) is 40.1 Å². The molecule has 2 N–H and O–H groups in total. The third-order valence-electron chi connectivity index (χ3n) is 3.13. The lowest BCUT2D eigenvalue weighted by atomic mass is 10.1. The van der Waals surface area contributed by atoms with E-state index >= 15 is 0 Å². The van der Waals surface area contributed by atoms with Gasteiger partial charge in [0.15, 0.2) is 0 Å². The Labute approximate surface area is 125 Å². The zero-order valence-corrected chi connectivity index (χ0v) is 13.0. The number of benzene rings is 1. The second-order valence-corrected chi connectivity index (χ2v) is 6.39. The summed E-state index contributed by atoms with van der Waals surface area (Å²) in [6.07, 6.45) is 2.24. The van der Waals surface area contributed by atoms with Crippen molar-refractivity contribution < 1.29 is 13.9 Å². The number of hydrogen-bond donors (Lipinski definition) is 2. The first-order valence-electron chi connectivity index (χ1n) is 6.43. The van der Waals surface area contributed by atoms with E-state index in [9.17, 15) is 19.1 Å². The minimum absolute atomic E-state index is 0.00929. The number of nitro benzene ring substituents is 1. The van der Waals surface area contributed by atoms with Crippen molar-refractivity contribution in [2.75, 3.05) is 25.2 Å². The van der Waals surface area contributed by atoms with Crippen molar-refractivity contribution in [1.82, 2.24) is 5.32 Å². The fraction of sp³-hybridized carbons (Fsp3) is 0.462. The van der Waals surface area contributed by atoms with Gasteiger partial charge < -0.3 is 10.6 Å². The van der Waals surface area contributed by atoms with Crippen LogP contribution >= 0.6 is 0 Å². The Morgan fingerprint density at radius 3 is 2.67 bits per heavy atom. The minimum Gasteiger partial charge on any atom is -0.383 e. The molecule has 0 saturated carbocycles. The summed E-state index contributed by atoms with van der Waals surface area (Å²) in [4.78, 5) is 22.3. The van der Waals surface area contributed by atoms with E-state index in [2.05, 4.69) is 10.6 Å². The van der Waals surface area contributed by atoms with Gasteiger partial charge in [0.25, 0.3) is 11.6 Å². The largest absolute Gasteiger partial charge is 0.383 e. The van der Waals surface area contributed by atoms with Gasteiger partial charge in [-0.05, 0) is 18.6 Å². The van der Waals surface area contributed by atoms with Gasteiger partial charge in [0.1, 0.15) is 5.69 Å². The highest BCUT2D eigenvalue weighted by molar-refractivity contribution is 7.84. The average molecular weight is 313 g/mol. The Balaban J connectivity index is 2.71. The molecular weight excluding hydrogens is 294 g/mol. The van der Waals surface area contributed by atoms with Crippen molar-refractivity contribution in [3.63, 3.8) is 0 Å². The number of nitro groups is 1. The Hall–Kier alpha value is -1.96. The van der Waals surface area contributed by atoms with E-state index in [1.165, 1.54) is 18.2 Å². The lowest BCUT2D eigenvalue weighted by molar-refractivity contribution is -0.383. The van der Waals surface area contributed by atoms with Crippen LogP contribution in [0.1, 0.15) is 23.7 Å². The van der Waals surface area contributed by atoms with Crippen LogP contribution in [0.4, 0.5) is 11.4 Å². The predicted octanol–water partition coefficient (Wildman–Crippen LogP) is 1.52. The summed E-state index contributed by atoms with van der Waals surface area (Å²) < 4.78 is 11.2. The standard InChI is InChI=1S/C13H19N3O4S/c1-9(21(3)20)6-7-15-13(17)10-4-5-12(16(18)19)11(8-10)14-2/h4-5,8-9,14H,6-7H2,1-3H3,(H,15,17). The number of rotatable bonds is 7. The van der Waals surface area contributed by atoms with Crippen molar-refractivity contribution >= 4 is 28.1 Å². The lowest BCUT2D eigenvalue weighted by Crippen LogP contribution is -2.27. The molecule has 1 aromatic carbocycles. The van der Waals surface area contributed by atoms with Crippen LogP contribution < -0.4 is 10.6 Å². The highest BCUT2D eigenvalue weighted by Crippen LogP contribution is 2.24. The van der Waals surface area contributed by atoms with Crippen molar-refractivity contribution in [2.45, 2.75) is 18.6 Å². The lowest BCUT2D eigenvalue weighted by Gasteiger charge is -2.10. The molecule has 0 fully saturated rings. The monoisotopic (exact) mass is 313 g/mol. The van der Waals surface area contributed by atoms with Gasteiger partial charge in [-0.15, -0.1) is 0 Å². The second kappa shape index (κ2) is 7.72. The molecule has 1 aromatic rings. The molecule has 2 atom stereocenters. The van der Waals surface area contributed by atoms with E-state index in [1.807, 2.05) is 6.92 Å². The molecule has 116 valence electrons. The maximum Gasteiger partial charge on any atom is 0.292 e. The Morgan fingerprint density at radius 2 is 2.14 bits per heavy atom. The zero-order valence-electron chi connectivity index (χ0n) is 12.2. The molecule has 0 saturated heterocycles. The second-order valence-electron chi connectivity index (χ2n) is 4.59.